The van der Waals surface area contributed by atoms with Crippen molar-refractivity contribution in [3.05, 3.63) is 52.5 Å². The first kappa shape index (κ1) is 16.5. The van der Waals surface area contributed by atoms with Gasteiger partial charge in [-0.2, -0.15) is 0 Å². The van der Waals surface area contributed by atoms with Crippen LogP contribution in [0.2, 0.25) is 5.02 Å². The maximum atomic E-state index is 12.0. The van der Waals surface area contributed by atoms with Gasteiger partial charge < -0.3 is 20.1 Å². The van der Waals surface area contributed by atoms with Crippen LogP contribution in [-0.2, 0) is 6.42 Å². The molecule has 0 aromatic heterocycles. The minimum absolute atomic E-state index is 0.238. The monoisotopic (exact) mass is 346 g/mol. The van der Waals surface area contributed by atoms with Gasteiger partial charge in [-0.1, -0.05) is 17.7 Å². The number of hydrogen-bond acceptors (Lipinski definition) is 3. The highest BCUT2D eigenvalue weighted by atomic mass is 35.5. The van der Waals surface area contributed by atoms with E-state index in [9.17, 15) is 4.79 Å². The summed E-state index contributed by atoms with van der Waals surface area (Å²) < 4.78 is 11.1. The summed E-state index contributed by atoms with van der Waals surface area (Å²) in [6.07, 6.45) is 0.712. The Morgan fingerprint density at radius 1 is 1.12 bits per heavy atom. The van der Waals surface area contributed by atoms with Gasteiger partial charge in [0.1, 0.15) is 13.2 Å². The van der Waals surface area contributed by atoms with Crippen molar-refractivity contribution in [1.29, 1.82) is 0 Å². The zero-order valence-electron chi connectivity index (χ0n) is 13.4. The average molecular weight is 347 g/mol. The lowest BCUT2D eigenvalue weighted by molar-refractivity contribution is 0.171. The fourth-order valence-corrected chi connectivity index (χ4v) is 2.72. The largest absolute Gasteiger partial charge is 0.486 e. The van der Waals surface area contributed by atoms with Crippen LogP contribution >= 0.6 is 11.6 Å². The second-order valence-corrected chi connectivity index (χ2v) is 6.00. The number of hydrogen-bond donors (Lipinski definition) is 2. The second kappa shape index (κ2) is 7.45. The summed E-state index contributed by atoms with van der Waals surface area (Å²) in [6.45, 7) is 3.57. The number of anilines is 1. The zero-order chi connectivity index (χ0) is 16.9. The van der Waals surface area contributed by atoms with Crippen molar-refractivity contribution < 1.29 is 14.3 Å². The third-order valence-corrected chi connectivity index (χ3v) is 3.98. The lowest BCUT2D eigenvalue weighted by atomic mass is 10.1. The van der Waals surface area contributed by atoms with Crippen molar-refractivity contribution in [2.75, 3.05) is 25.1 Å². The molecule has 3 rings (SSSR count). The Hall–Kier alpha value is -2.40. The Labute approximate surface area is 145 Å². The fraction of sp³-hybridized carbons (Fsp3) is 0.278. The Bertz CT molecular complexity index is 749. The number of amides is 2. The maximum Gasteiger partial charge on any atom is 0.319 e. The quantitative estimate of drug-likeness (QED) is 0.885. The van der Waals surface area contributed by atoms with E-state index in [1.807, 2.05) is 31.2 Å². The summed E-state index contributed by atoms with van der Waals surface area (Å²) in [5.41, 5.74) is 2.75. The summed E-state index contributed by atoms with van der Waals surface area (Å²) in [5, 5.41) is 6.32. The molecule has 0 spiro atoms. The van der Waals surface area contributed by atoms with Crippen LogP contribution in [0.4, 0.5) is 10.5 Å². The molecule has 0 aliphatic carbocycles. The van der Waals surface area contributed by atoms with Crippen LogP contribution in [0.1, 0.15) is 11.1 Å². The van der Waals surface area contributed by atoms with Gasteiger partial charge in [-0.25, -0.2) is 4.79 Å². The van der Waals surface area contributed by atoms with Crippen molar-refractivity contribution in [2.24, 2.45) is 0 Å². The minimum Gasteiger partial charge on any atom is -0.486 e. The summed E-state index contributed by atoms with van der Waals surface area (Å²) >= 11 is 5.91. The van der Waals surface area contributed by atoms with Gasteiger partial charge in [0.15, 0.2) is 11.5 Å². The zero-order valence-corrected chi connectivity index (χ0v) is 14.2. The molecule has 1 aliphatic rings. The van der Waals surface area contributed by atoms with E-state index in [1.165, 1.54) is 0 Å². The third-order valence-electron chi connectivity index (χ3n) is 3.74. The van der Waals surface area contributed by atoms with Gasteiger partial charge in [0.25, 0.3) is 0 Å². The van der Waals surface area contributed by atoms with Crippen LogP contribution in [-0.4, -0.2) is 25.8 Å². The predicted octanol–water partition coefficient (Wildman–Crippen LogP) is 3.78. The summed E-state index contributed by atoms with van der Waals surface area (Å²) in [6, 6.07) is 11.0. The number of urea groups is 1. The van der Waals surface area contributed by atoms with Crippen molar-refractivity contribution in [3.63, 3.8) is 0 Å². The molecule has 126 valence electrons. The molecule has 0 bridgehead atoms. The Kier molecular flexibility index (Phi) is 5.11. The number of carbonyl (C=O) groups is 1. The Balaban J connectivity index is 1.50. The van der Waals surface area contributed by atoms with Crippen LogP contribution in [0.3, 0.4) is 0 Å². The first-order chi connectivity index (χ1) is 11.6. The molecule has 0 atom stereocenters. The van der Waals surface area contributed by atoms with Gasteiger partial charge >= 0.3 is 6.03 Å². The number of aryl methyl sites for hydroxylation is 1. The highest BCUT2D eigenvalue weighted by Crippen LogP contribution is 2.30. The number of rotatable bonds is 4. The molecule has 0 unspecified atom stereocenters. The number of benzene rings is 2. The smallest absolute Gasteiger partial charge is 0.319 e. The van der Waals surface area contributed by atoms with Gasteiger partial charge in [-0.3, -0.25) is 0 Å². The summed E-state index contributed by atoms with van der Waals surface area (Å²) in [7, 11) is 0. The molecular weight excluding hydrogens is 328 g/mol. The van der Waals surface area contributed by atoms with Crippen molar-refractivity contribution in [1.82, 2.24) is 5.32 Å². The summed E-state index contributed by atoms with van der Waals surface area (Å²) in [5.74, 6) is 1.54. The van der Waals surface area contributed by atoms with E-state index < -0.39 is 0 Å². The molecule has 6 heteroatoms. The standard InChI is InChI=1S/C18H19ClN2O3/c1-12-10-14(19)3-4-15(12)21-18(22)20-7-6-13-2-5-16-17(11-13)24-9-8-23-16/h2-5,10-11H,6-9H2,1H3,(H2,20,21,22). The van der Waals surface area contributed by atoms with Gasteiger partial charge in [0, 0.05) is 17.3 Å². The van der Waals surface area contributed by atoms with E-state index in [1.54, 1.807) is 12.1 Å². The van der Waals surface area contributed by atoms with Gasteiger partial charge in [-0.15, -0.1) is 0 Å². The van der Waals surface area contributed by atoms with Crippen molar-refractivity contribution in [2.45, 2.75) is 13.3 Å². The molecule has 0 saturated heterocycles. The molecule has 2 aromatic carbocycles. The number of fused-ring (bicyclic) bond motifs is 1. The SMILES string of the molecule is Cc1cc(Cl)ccc1NC(=O)NCCc1ccc2c(c1)OCCO2. The van der Waals surface area contributed by atoms with Gasteiger partial charge in [0.05, 0.1) is 0 Å². The first-order valence-electron chi connectivity index (χ1n) is 7.81. The van der Waals surface area contributed by atoms with E-state index >= 15 is 0 Å². The normalized spacial score (nSPS) is 12.6. The molecule has 2 aromatic rings. The Morgan fingerprint density at radius 3 is 2.71 bits per heavy atom. The van der Waals surface area contributed by atoms with Crippen LogP contribution in [0, 0.1) is 6.92 Å². The van der Waals surface area contributed by atoms with Gasteiger partial charge in [0.2, 0.25) is 0 Å². The molecule has 1 heterocycles. The number of nitrogens with one attached hydrogen (secondary N) is 2. The molecule has 1 aliphatic heterocycles. The van der Waals surface area contributed by atoms with Crippen LogP contribution in [0.5, 0.6) is 11.5 Å². The second-order valence-electron chi connectivity index (χ2n) is 5.57. The number of halogens is 1. The van der Waals surface area contributed by atoms with E-state index in [0.29, 0.717) is 31.2 Å². The van der Waals surface area contributed by atoms with E-state index in [2.05, 4.69) is 10.6 Å². The molecular formula is C18H19ClN2O3. The molecule has 0 saturated carbocycles. The van der Waals surface area contributed by atoms with Crippen LogP contribution in [0.15, 0.2) is 36.4 Å². The molecule has 0 fully saturated rings. The van der Waals surface area contributed by atoms with Crippen molar-refractivity contribution in [3.8, 4) is 11.5 Å². The third kappa shape index (κ3) is 4.11. The highest BCUT2D eigenvalue weighted by molar-refractivity contribution is 6.30. The Morgan fingerprint density at radius 2 is 1.92 bits per heavy atom. The molecule has 0 radical (unpaired) electrons. The topological polar surface area (TPSA) is 59.6 Å². The molecule has 2 amide bonds. The average Bonchev–Trinajstić information content (AvgIpc) is 2.57. The summed E-state index contributed by atoms with van der Waals surface area (Å²) in [4.78, 5) is 12.0. The van der Waals surface area contributed by atoms with Gasteiger partial charge in [-0.05, 0) is 54.8 Å². The lowest BCUT2D eigenvalue weighted by Gasteiger charge is -2.19. The molecule has 24 heavy (non-hydrogen) atoms. The number of carbonyl (C=O) groups excluding carboxylic acids is 1. The molecule has 5 nitrogen and oxygen atoms in total. The molecule has 2 N–H and O–H groups in total. The van der Waals surface area contributed by atoms with Crippen LogP contribution in [0.25, 0.3) is 0 Å². The lowest BCUT2D eigenvalue weighted by Crippen LogP contribution is -2.30. The maximum absolute atomic E-state index is 12.0. The van der Waals surface area contributed by atoms with E-state index in [0.717, 1.165) is 28.3 Å². The minimum atomic E-state index is -0.238. The van der Waals surface area contributed by atoms with E-state index in [4.69, 9.17) is 21.1 Å². The van der Waals surface area contributed by atoms with E-state index in [-0.39, 0.29) is 6.03 Å². The predicted molar refractivity (Wildman–Crippen MR) is 94.3 cm³/mol. The highest BCUT2D eigenvalue weighted by Gasteiger charge is 2.11. The van der Waals surface area contributed by atoms with Crippen molar-refractivity contribution >= 4 is 23.3 Å². The van der Waals surface area contributed by atoms with Crippen LogP contribution < -0.4 is 20.1 Å². The first-order valence-corrected chi connectivity index (χ1v) is 8.19. The fourth-order valence-electron chi connectivity index (χ4n) is 2.50. The number of ether oxygens (including phenoxy) is 2.